The molecule has 1 amide bonds. The summed E-state index contributed by atoms with van der Waals surface area (Å²) in [6.07, 6.45) is 2.16. The molecule has 0 saturated heterocycles. The van der Waals surface area contributed by atoms with Crippen LogP contribution < -0.4 is 5.32 Å². The van der Waals surface area contributed by atoms with E-state index in [4.69, 9.17) is 0 Å². The van der Waals surface area contributed by atoms with Crippen molar-refractivity contribution >= 4 is 22.7 Å². The molecule has 0 aliphatic rings. The van der Waals surface area contributed by atoms with Crippen LogP contribution in [0.15, 0.2) is 47.6 Å². The Morgan fingerprint density at radius 1 is 1.32 bits per heavy atom. The van der Waals surface area contributed by atoms with Gasteiger partial charge in [-0.1, -0.05) is 12.1 Å². The second-order valence-electron chi connectivity index (χ2n) is 3.58. The van der Waals surface area contributed by atoms with Gasteiger partial charge in [0.1, 0.15) is 5.82 Å². The number of hydrogen-bond donors (Lipinski definition) is 1. The van der Waals surface area contributed by atoms with E-state index in [9.17, 15) is 17.9 Å². The minimum absolute atomic E-state index is 0.00600. The molecule has 0 aliphatic heterocycles. The molecule has 0 saturated carbocycles. The number of hydrogen-bond acceptors (Lipinski definition) is 4. The number of carbonyl (C=O) groups excluding carboxylic acids is 1. The van der Waals surface area contributed by atoms with E-state index in [1.165, 1.54) is 24.4 Å². The minimum atomic E-state index is -2.47. The number of pyridine rings is 1. The van der Waals surface area contributed by atoms with Gasteiger partial charge in [-0.05, 0) is 29.3 Å². The zero-order chi connectivity index (χ0) is 13.8. The second-order valence-corrected chi connectivity index (χ2v) is 4.49. The average molecular weight is 279 g/mol. The highest BCUT2D eigenvalue weighted by atomic mass is 32.2. The van der Waals surface area contributed by atoms with Crippen LogP contribution in [0.25, 0.3) is 0 Å². The van der Waals surface area contributed by atoms with Gasteiger partial charge >= 0.3 is 0 Å². The SMILES string of the molecule is O=C(Nc1ccccc1S(=O)[O-])c1cncc(F)c1. The Kier molecular flexibility index (Phi) is 3.98. The first-order chi connectivity index (χ1) is 9.08. The number of benzene rings is 1. The first kappa shape index (κ1) is 13.3. The highest BCUT2D eigenvalue weighted by Crippen LogP contribution is 2.18. The number of halogens is 1. The Morgan fingerprint density at radius 2 is 2.05 bits per heavy atom. The Bertz CT molecular complexity index is 648. The molecule has 1 N–H and O–H groups in total. The van der Waals surface area contributed by atoms with Gasteiger partial charge in [0.15, 0.2) is 0 Å². The number of nitrogens with one attached hydrogen (secondary N) is 1. The summed E-state index contributed by atoms with van der Waals surface area (Å²) < 4.78 is 34.9. The third-order valence-electron chi connectivity index (χ3n) is 2.28. The smallest absolute Gasteiger partial charge is 0.257 e. The summed E-state index contributed by atoms with van der Waals surface area (Å²) in [7, 11) is 0. The van der Waals surface area contributed by atoms with E-state index in [0.717, 1.165) is 12.3 Å². The van der Waals surface area contributed by atoms with Gasteiger partial charge in [0, 0.05) is 11.1 Å². The molecule has 1 aromatic carbocycles. The second kappa shape index (κ2) is 5.68. The fourth-order valence-electron chi connectivity index (χ4n) is 1.45. The van der Waals surface area contributed by atoms with Crippen molar-refractivity contribution in [1.29, 1.82) is 0 Å². The van der Waals surface area contributed by atoms with Crippen LogP contribution in [0.3, 0.4) is 0 Å². The highest BCUT2D eigenvalue weighted by molar-refractivity contribution is 7.79. The first-order valence-corrected chi connectivity index (χ1v) is 6.25. The van der Waals surface area contributed by atoms with Crippen molar-refractivity contribution in [2.75, 3.05) is 5.32 Å². The molecule has 0 spiro atoms. The fraction of sp³-hybridized carbons (Fsp3) is 0. The summed E-state index contributed by atoms with van der Waals surface area (Å²) in [5, 5.41) is 2.40. The molecular formula is C12H8FN2O3S-. The average Bonchev–Trinajstić information content (AvgIpc) is 2.39. The number of rotatable bonds is 3. The molecule has 19 heavy (non-hydrogen) atoms. The monoisotopic (exact) mass is 279 g/mol. The van der Waals surface area contributed by atoms with Crippen molar-refractivity contribution in [3.8, 4) is 0 Å². The molecule has 0 fully saturated rings. The quantitative estimate of drug-likeness (QED) is 0.867. The van der Waals surface area contributed by atoms with E-state index in [0.29, 0.717) is 0 Å². The number of nitrogens with zero attached hydrogens (tertiary/aromatic N) is 1. The van der Waals surface area contributed by atoms with Crippen molar-refractivity contribution in [2.45, 2.75) is 4.90 Å². The van der Waals surface area contributed by atoms with Crippen molar-refractivity contribution in [2.24, 2.45) is 0 Å². The molecule has 0 bridgehead atoms. The number of para-hydroxylation sites is 1. The molecule has 2 aromatic rings. The maximum Gasteiger partial charge on any atom is 0.257 e. The third kappa shape index (κ3) is 3.21. The van der Waals surface area contributed by atoms with E-state index in [1.807, 2.05) is 0 Å². The normalized spacial score (nSPS) is 11.9. The summed E-state index contributed by atoms with van der Waals surface area (Å²) in [6.45, 7) is 0. The summed E-state index contributed by atoms with van der Waals surface area (Å²) >= 11 is -2.47. The summed E-state index contributed by atoms with van der Waals surface area (Å²) in [5.74, 6) is -1.28. The number of carbonyl (C=O) groups is 1. The fourth-order valence-corrected chi connectivity index (χ4v) is 1.93. The van der Waals surface area contributed by atoms with Crippen LogP contribution in [0.4, 0.5) is 10.1 Å². The van der Waals surface area contributed by atoms with Gasteiger partial charge in [-0.25, -0.2) is 4.39 Å². The molecule has 98 valence electrons. The molecule has 2 rings (SSSR count). The van der Waals surface area contributed by atoms with Crippen LogP contribution >= 0.6 is 0 Å². The molecule has 0 radical (unpaired) electrons. The van der Waals surface area contributed by atoms with E-state index in [1.54, 1.807) is 6.07 Å². The van der Waals surface area contributed by atoms with E-state index in [-0.39, 0.29) is 16.1 Å². The molecule has 1 atom stereocenters. The molecule has 7 heteroatoms. The predicted octanol–water partition coefficient (Wildman–Crippen LogP) is 1.71. The van der Waals surface area contributed by atoms with Gasteiger partial charge in [-0.2, -0.15) is 0 Å². The topological polar surface area (TPSA) is 82.1 Å². The number of aromatic nitrogens is 1. The van der Waals surface area contributed by atoms with Crippen molar-refractivity contribution in [3.05, 3.63) is 54.1 Å². The molecule has 1 aromatic heterocycles. The van der Waals surface area contributed by atoms with Crippen LogP contribution in [0, 0.1) is 5.82 Å². The van der Waals surface area contributed by atoms with Crippen LogP contribution in [0.2, 0.25) is 0 Å². The number of anilines is 1. The zero-order valence-electron chi connectivity index (χ0n) is 9.50. The van der Waals surface area contributed by atoms with Gasteiger partial charge in [0.2, 0.25) is 0 Å². The first-order valence-electron chi connectivity index (χ1n) is 5.18. The van der Waals surface area contributed by atoms with Gasteiger partial charge in [0.05, 0.1) is 17.4 Å². The van der Waals surface area contributed by atoms with Crippen LogP contribution in [0.1, 0.15) is 10.4 Å². The van der Waals surface area contributed by atoms with E-state index < -0.39 is 22.8 Å². The lowest BCUT2D eigenvalue weighted by Crippen LogP contribution is -2.14. The lowest BCUT2D eigenvalue weighted by atomic mass is 10.2. The van der Waals surface area contributed by atoms with Crippen LogP contribution in [-0.2, 0) is 11.1 Å². The summed E-state index contributed by atoms with van der Waals surface area (Å²) in [5.41, 5.74) is 0.136. The predicted molar refractivity (Wildman–Crippen MR) is 65.8 cm³/mol. The van der Waals surface area contributed by atoms with Gasteiger partial charge in [0.25, 0.3) is 5.91 Å². The lowest BCUT2D eigenvalue weighted by molar-refractivity contribution is 0.102. The minimum Gasteiger partial charge on any atom is -0.768 e. The Hall–Kier alpha value is -2.12. The maximum absolute atomic E-state index is 12.9. The van der Waals surface area contributed by atoms with Gasteiger partial charge in [-0.15, -0.1) is 0 Å². The Morgan fingerprint density at radius 3 is 2.74 bits per heavy atom. The van der Waals surface area contributed by atoms with Crippen molar-refractivity contribution in [3.63, 3.8) is 0 Å². The molecule has 5 nitrogen and oxygen atoms in total. The maximum atomic E-state index is 12.9. The van der Waals surface area contributed by atoms with Crippen molar-refractivity contribution < 1.29 is 17.9 Å². The highest BCUT2D eigenvalue weighted by Gasteiger charge is 2.10. The summed E-state index contributed by atoms with van der Waals surface area (Å²) in [6, 6.07) is 6.91. The summed E-state index contributed by atoms with van der Waals surface area (Å²) in [4.78, 5) is 15.3. The van der Waals surface area contributed by atoms with Crippen LogP contribution in [0.5, 0.6) is 0 Å². The molecule has 1 unspecified atom stereocenters. The molecular weight excluding hydrogens is 271 g/mol. The molecule has 0 aliphatic carbocycles. The molecule has 1 heterocycles. The Balaban J connectivity index is 2.27. The number of amides is 1. The zero-order valence-corrected chi connectivity index (χ0v) is 10.3. The van der Waals surface area contributed by atoms with E-state index in [2.05, 4.69) is 10.3 Å². The Labute approximate surface area is 110 Å². The van der Waals surface area contributed by atoms with Gasteiger partial charge in [-0.3, -0.25) is 14.0 Å². The van der Waals surface area contributed by atoms with Crippen LogP contribution in [-0.4, -0.2) is 19.7 Å². The largest absolute Gasteiger partial charge is 0.768 e. The van der Waals surface area contributed by atoms with Gasteiger partial charge < -0.3 is 9.87 Å². The van der Waals surface area contributed by atoms with Crippen molar-refractivity contribution in [1.82, 2.24) is 4.98 Å². The standard InChI is InChI=1S/C12H9FN2O3S/c13-9-5-8(6-14-7-9)12(16)15-10-3-1-2-4-11(10)19(17)18/h1-7H,(H,15,16)(H,17,18)/p-1. The van der Waals surface area contributed by atoms with E-state index >= 15 is 0 Å². The lowest BCUT2D eigenvalue weighted by Gasteiger charge is -2.12. The third-order valence-corrected chi connectivity index (χ3v) is 3.00.